The number of aryl methyl sites for hydroxylation is 1. The Balaban J connectivity index is 2.01. The molecule has 0 aliphatic carbocycles. The van der Waals surface area contributed by atoms with Crippen LogP contribution in [0, 0.1) is 6.92 Å². The molecule has 1 heterocycles. The average molecular weight is 292 g/mol. The number of benzene rings is 1. The molecule has 1 unspecified atom stereocenters. The van der Waals surface area contributed by atoms with Gasteiger partial charge in [-0.1, -0.05) is 0 Å². The Bertz CT molecular complexity index is 690. The van der Waals surface area contributed by atoms with Gasteiger partial charge in [-0.15, -0.1) is 0 Å². The van der Waals surface area contributed by atoms with E-state index in [0.717, 1.165) is 17.9 Å². The van der Waals surface area contributed by atoms with Gasteiger partial charge in [-0.25, -0.2) is 9.59 Å². The highest BCUT2D eigenvalue weighted by molar-refractivity contribution is 5.93. The Morgan fingerprint density at radius 1 is 1.38 bits per heavy atom. The summed E-state index contributed by atoms with van der Waals surface area (Å²) in [6.07, 6.45) is 1.62. The Hall–Kier alpha value is -2.54. The number of urea groups is 1. The SMILES string of the molecule is Cc1coc2ccc(NC(=O)NCC(C)(O)C(=O)O)cc12. The molecular formula is C14H16N2O5. The first-order chi connectivity index (χ1) is 9.79. The van der Waals surface area contributed by atoms with Crippen LogP contribution >= 0.6 is 0 Å². The van der Waals surface area contributed by atoms with E-state index >= 15 is 0 Å². The first-order valence-electron chi connectivity index (χ1n) is 6.28. The highest BCUT2D eigenvalue weighted by Gasteiger charge is 2.30. The standard InChI is InChI=1S/C14H16N2O5/c1-8-6-21-11-4-3-9(5-10(8)11)16-13(19)15-7-14(2,20)12(17)18/h3-6,20H,7H2,1-2H3,(H,17,18)(H2,15,16,19). The molecule has 0 bridgehead atoms. The summed E-state index contributed by atoms with van der Waals surface area (Å²) in [6.45, 7) is 2.59. The van der Waals surface area contributed by atoms with Crippen molar-refractivity contribution in [2.75, 3.05) is 11.9 Å². The molecular weight excluding hydrogens is 276 g/mol. The Labute approximate surface area is 120 Å². The zero-order valence-corrected chi connectivity index (χ0v) is 11.6. The normalized spacial score (nSPS) is 13.7. The maximum Gasteiger partial charge on any atom is 0.337 e. The van der Waals surface area contributed by atoms with E-state index in [1.54, 1.807) is 24.5 Å². The summed E-state index contributed by atoms with van der Waals surface area (Å²) in [6, 6.07) is 4.55. The van der Waals surface area contributed by atoms with E-state index in [2.05, 4.69) is 10.6 Å². The number of anilines is 1. The van der Waals surface area contributed by atoms with Crippen molar-refractivity contribution in [2.45, 2.75) is 19.4 Å². The molecule has 2 amide bonds. The van der Waals surface area contributed by atoms with Gasteiger partial charge in [0.25, 0.3) is 0 Å². The molecule has 2 aromatic rings. The first kappa shape index (κ1) is 14.9. The summed E-state index contributed by atoms with van der Waals surface area (Å²) in [4.78, 5) is 22.4. The minimum absolute atomic E-state index is 0.402. The van der Waals surface area contributed by atoms with E-state index in [4.69, 9.17) is 9.52 Å². The lowest BCUT2D eigenvalue weighted by atomic mass is 10.1. The molecule has 2 rings (SSSR count). The van der Waals surface area contributed by atoms with Crippen molar-refractivity contribution in [2.24, 2.45) is 0 Å². The fourth-order valence-electron chi connectivity index (χ4n) is 1.74. The topological polar surface area (TPSA) is 112 Å². The maximum atomic E-state index is 11.7. The van der Waals surface area contributed by atoms with E-state index in [9.17, 15) is 14.7 Å². The second kappa shape index (κ2) is 5.45. The van der Waals surface area contributed by atoms with Gasteiger partial charge in [0.05, 0.1) is 12.8 Å². The van der Waals surface area contributed by atoms with Crippen molar-refractivity contribution in [1.82, 2.24) is 5.32 Å². The minimum atomic E-state index is -2.01. The fourth-order valence-corrected chi connectivity index (χ4v) is 1.74. The molecule has 0 fully saturated rings. The van der Waals surface area contributed by atoms with Gasteiger partial charge in [-0.3, -0.25) is 0 Å². The molecule has 0 spiro atoms. The number of furan rings is 1. The summed E-state index contributed by atoms with van der Waals surface area (Å²) in [5, 5.41) is 24.0. The van der Waals surface area contributed by atoms with Gasteiger partial charge in [0.2, 0.25) is 0 Å². The lowest BCUT2D eigenvalue weighted by Crippen LogP contribution is -2.47. The number of hydrogen-bond acceptors (Lipinski definition) is 4. The van der Waals surface area contributed by atoms with E-state index in [0.29, 0.717) is 11.3 Å². The van der Waals surface area contributed by atoms with Crippen molar-refractivity contribution in [3.05, 3.63) is 30.0 Å². The van der Waals surface area contributed by atoms with E-state index < -0.39 is 24.1 Å². The van der Waals surface area contributed by atoms with Crippen LogP contribution in [0.2, 0.25) is 0 Å². The molecule has 112 valence electrons. The number of carboxylic acid groups (broad SMARTS) is 1. The van der Waals surface area contributed by atoms with Gasteiger partial charge in [-0.05, 0) is 37.6 Å². The number of carboxylic acids is 1. The summed E-state index contributed by atoms with van der Waals surface area (Å²) in [5.74, 6) is -1.40. The number of carbonyl (C=O) groups excluding carboxylic acids is 1. The summed E-state index contributed by atoms with van der Waals surface area (Å²) >= 11 is 0. The molecule has 1 aromatic heterocycles. The molecule has 0 radical (unpaired) electrons. The monoisotopic (exact) mass is 292 g/mol. The quantitative estimate of drug-likeness (QED) is 0.685. The van der Waals surface area contributed by atoms with E-state index in [1.807, 2.05) is 6.92 Å². The lowest BCUT2D eigenvalue weighted by molar-refractivity contribution is -0.155. The predicted octanol–water partition coefficient (Wildman–Crippen LogP) is 1.70. The number of rotatable bonds is 4. The molecule has 0 saturated carbocycles. The number of fused-ring (bicyclic) bond motifs is 1. The number of carbonyl (C=O) groups is 2. The maximum absolute atomic E-state index is 11.7. The second-order valence-corrected chi connectivity index (χ2v) is 5.02. The number of amides is 2. The van der Waals surface area contributed by atoms with Crippen LogP contribution in [-0.2, 0) is 4.79 Å². The smallest absolute Gasteiger partial charge is 0.337 e. The van der Waals surface area contributed by atoms with Crippen LogP contribution in [0.5, 0.6) is 0 Å². The van der Waals surface area contributed by atoms with Crippen molar-refractivity contribution >= 4 is 28.7 Å². The number of hydrogen-bond donors (Lipinski definition) is 4. The summed E-state index contributed by atoms with van der Waals surface area (Å²) in [5.41, 5.74) is 0.192. The van der Waals surface area contributed by atoms with Crippen LogP contribution in [0.3, 0.4) is 0 Å². The molecule has 1 atom stereocenters. The largest absolute Gasteiger partial charge is 0.479 e. The van der Waals surface area contributed by atoms with Crippen LogP contribution in [0.1, 0.15) is 12.5 Å². The minimum Gasteiger partial charge on any atom is -0.479 e. The third kappa shape index (κ3) is 3.32. The van der Waals surface area contributed by atoms with Gasteiger partial charge in [0.15, 0.2) is 5.60 Å². The van der Waals surface area contributed by atoms with Crippen molar-refractivity contribution in [3.8, 4) is 0 Å². The molecule has 0 aliphatic rings. The van der Waals surface area contributed by atoms with Crippen LogP contribution < -0.4 is 10.6 Å². The number of aliphatic carboxylic acids is 1. The van der Waals surface area contributed by atoms with Crippen LogP contribution in [-0.4, -0.2) is 34.4 Å². The number of nitrogens with one attached hydrogen (secondary N) is 2. The Morgan fingerprint density at radius 3 is 2.76 bits per heavy atom. The van der Waals surface area contributed by atoms with Crippen molar-refractivity contribution in [1.29, 1.82) is 0 Å². The number of aliphatic hydroxyl groups is 1. The highest BCUT2D eigenvalue weighted by atomic mass is 16.4. The van der Waals surface area contributed by atoms with E-state index in [-0.39, 0.29) is 0 Å². The highest BCUT2D eigenvalue weighted by Crippen LogP contribution is 2.23. The zero-order chi connectivity index (χ0) is 15.6. The van der Waals surface area contributed by atoms with Crippen LogP contribution in [0.25, 0.3) is 11.0 Å². The van der Waals surface area contributed by atoms with Crippen LogP contribution in [0.4, 0.5) is 10.5 Å². The van der Waals surface area contributed by atoms with Crippen LogP contribution in [0.15, 0.2) is 28.9 Å². The van der Waals surface area contributed by atoms with Gasteiger partial charge in [-0.2, -0.15) is 0 Å². The average Bonchev–Trinajstić information content (AvgIpc) is 2.78. The third-order valence-electron chi connectivity index (χ3n) is 3.08. The van der Waals surface area contributed by atoms with Gasteiger partial charge in [0.1, 0.15) is 5.58 Å². The summed E-state index contributed by atoms with van der Waals surface area (Å²) < 4.78 is 5.30. The van der Waals surface area contributed by atoms with Gasteiger partial charge < -0.3 is 25.3 Å². The Kier molecular flexibility index (Phi) is 3.86. The lowest BCUT2D eigenvalue weighted by Gasteiger charge is -2.18. The van der Waals surface area contributed by atoms with Gasteiger partial charge >= 0.3 is 12.0 Å². The molecule has 21 heavy (non-hydrogen) atoms. The molecule has 0 saturated heterocycles. The van der Waals surface area contributed by atoms with Crippen molar-refractivity contribution in [3.63, 3.8) is 0 Å². The van der Waals surface area contributed by atoms with Gasteiger partial charge in [0, 0.05) is 11.1 Å². The summed E-state index contributed by atoms with van der Waals surface area (Å²) in [7, 11) is 0. The zero-order valence-electron chi connectivity index (χ0n) is 11.6. The predicted molar refractivity (Wildman–Crippen MR) is 76.2 cm³/mol. The van der Waals surface area contributed by atoms with E-state index in [1.165, 1.54) is 0 Å². The first-order valence-corrected chi connectivity index (χ1v) is 6.28. The molecule has 0 aliphatic heterocycles. The Morgan fingerprint density at radius 2 is 2.10 bits per heavy atom. The van der Waals surface area contributed by atoms with Crippen molar-refractivity contribution < 1.29 is 24.2 Å². The second-order valence-electron chi connectivity index (χ2n) is 5.02. The third-order valence-corrected chi connectivity index (χ3v) is 3.08. The molecule has 1 aromatic carbocycles. The molecule has 7 nitrogen and oxygen atoms in total. The fraction of sp³-hybridized carbons (Fsp3) is 0.286. The molecule has 7 heteroatoms. The molecule has 4 N–H and O–H groups in total.